The molecule has 0 bridgehead atoms. The maximum atomic E-state index is 12.4. The van der Waals surface area contributed by atoms with Gasteiger partial charge in [0.05, 0.1) is 11.5 Å². The van der Waals surface area contributed by atoms with E-state index in [1.807, 2.05) is 56.3 Å². The van der Waals surface area contributed by atoms with Crippen LogP contribution < -0.4 is 10.6 Å². The lowest BCUT2D eigenvalue weighted by Crippen LogP contribution is -2.34. The normalized spacial score (nSPS) is 15.0. The van der Waals surface area contributed by atoms with Gasteiger partial charge in [-0.1, -0.05) is 42.2 Å². The van der Waals surface area contributed by atoms with Gasteiger partial charge < -0.3 is 5.32 Å². The molecule has 2 N–H and O–H groups in total. The number of anilines is 1. The van der Waals surface area contributed by atoms with Crippen LogP contribution in [0.4, 0.5) is 5.69 Å². The molecule has 2 aromatic carbocycles. The quantitative estimate of drug-likeness (QED) is 0.757. The molecule has 1 aliphatic rings. The maximum absolute atomic E-state index is 12.4. The summed E-state index contributed by atoms with van der Waals surface area (Å²) in [7, 11) is 0. The molecule has 0 heterocycles. The molecule has 3 rings (SSSR count). The number of nitrogens with one attached hydrogen (secondary N) is 2. The van der Waals surface area contributed by atoms with E-state index in [4.69, 9.17) is 12.2 Å². The second-order valence-electron chi connectivity index (χ2n) is 7.26. The first-order chi connectivity index (χ1) is 12.9. The summed E-state index contributed by atoms with van der Waals surface area (Å²) in [5, 5.41) is 15.6. The largest absolute Gasteiger partial charge is 0.332 e. The Hall–Kier alpha value is -2.71. The van der Waals surface area contributed by atoms with Gasteiger partial charge in [-0.15, -0.1) is 0 Å². The third kappa shape index (κ3) is 4.35. The third-order valence-corrected chi connectivity index (χ3v) is 5.28. The van der Waals surface area contributed by atoms with E-state index in [0.29, 0.717) is 5.56 Å². The smallest absolute Gasteiger partial charge is 0.257 e. The minimum absolute atomic E-state index is 0.231. The van der Waals surface area contributed by atoms with Crippen LogP contribution in [0.1, 0.15) is 52.7 Å². The molecule has 1 fully saturated rings. The molecule has 1 aliphatic carbocycles. The molecule has 2 aromatic rings. The lowest BCUT2D eigenvalue weighted by atomic mass is 9.80. The first-order valence-corrected chi connectivity index (χ1v) is 9.55. The van der Waals surface area contributed by atoms with Gasteiger partial charge >= 0.3 is 0 Å². The van der Waals surface area contributed by atoms with Crippen LogP contribution in [0.15, 0.2) is 42.5 Å². The minimum atomic E-state index is -0.351. The number of benzene rings is 2. The van der Waals surface area contributed by atoms with Gasteiger partial charge in [-0.25, -0.2) is 0 Å². The predicted molar refractivity (Wildman–Crippen MR) is 112 cm³/mol. The highest BCUT2D eigenvalue weighted by Gasteiger charge is 2.35. The number of thiocarbonyl (C=S) groups is 1. The van der Waals surface area contributed by atoms with Crippen LogP contribution in [0, 0.1) is 25.2 Å². The number of aryl methyl sites for hydroxylation is 2. The van der Waals surface area contributed by atoms with Gasteiger partial charge in [-0.05, 0) is 68.7 Å². The van der Waals surface area contributed by atoms with Crippen molar-refractivity contribution in [3.05, 3.63) is 64.7 Å². The summed E-state index contributed by atoms with van der Waals surface area (Å²) in [6.07, 6.45) is 4.03. The summed E-state index contributed by atoms with van der Waals surface area (Å²) in [6.45, 7) is 3.92. The second-order valence-corrected chi connectivity index (χ2v) is 7.67. The molecule has 4 nitrogen and oxygen atoms in total. The van der Waals surface area contributed by atoms with Gasteiger partial charge in [-0.2, -0.15) is 5.26 Å². The van der Waals surface area contributed by atoms with Crippen molar-refractivity contribution in [2.24, 2.45) is 0 Å². The van der Waals surface area contributed by atoms with Crippen molar-refractivity contribution in [2.45, 2.75) is 44.9 Å². The highest BCUT2D eigenvalue weighted by Crippen LogP contribution is 2.40. The standard InChI is InChI=1S/C22H23N3OS/c1-15-11-16(2)13-17(12-15)20(26)25-21(27)24-19-7-5-18(6-8-19)22(14-23)9-3-4-10-22/h5-8,11-13H,3-4,9-10H2,1-2H3,(H2,24,25,26,27). The van der Waals surface area contributed by atoms with E-state index in [-0.39, 0.29) is 16.4 Å². The van der Waals surface area contributed by atoms with E-state index >= 15 is 0 Å². The van der Waals surface area contributed by atoms with Crippen LogP contribution >= 0.6 is 12.2 Å². The fourth-order valence-electron chi connectivity index (χ4n) is 3.76. The molecular weight excluding hydrogens is 354 g/mol. The number of hydrogen-bond acceptors (Lipinski definition) is 3. The van der Waals surface area contributed by atoms with Gasteiger partial charge in [0.25, 0.3) is 5.91 Å². The number of carbonyl (C=O) groups excluding carboxylic acids is 1. The van der Waals surface area contributed by atoms with Crippen LogP contribution in [0.2, 0.25) is 0 Å². The summed E-state index contributed by atoms with van der Waals surface area (Å²) in [5.74, 6) is -0.231. The summed E-state index contributed by atoms with van der Waals surface area (Å²) < 4.78 is 0. The number of carbonyl (C=O) groups is 1. The number of rotatable bonds is 3. The molecular formula is C22H23N3OS. The average molecular weight is 378 g/mol. The number of amides is 1. The summed E-state index contributed by atoms with van der Waals surface area (Å²) in [6, 6.07) is 16.0. The highest BCUT2D eigenvalue weighted by atomic mass is 32.1. The van der Waals surface area contributed by atoms with Crippen molar-refractivity contribution in [3.63, 3.8) is 0 Å². The van der Waals surface area contributed by atoms with E-state index in [9.17, 15) is 10.1 Å². The third-order valence-electron chi connectivity index (χ3n) is 5.08. The van der Waals surface area contributed by atoms with Gasteiger partial charge in [0.2, 0.25) is 0 Å². The van der Waals surface area contributed by atoms with E-state index in [0.717, 1.165) is 48.1 Å². The Labute approximate surface area is 165 Å². The zero-order chi connectivity index (χ0) is 19.4. The van der Waals surface area contributed by atoms with Crippen molar-refractivity contribution in [1.29, 1.82) is 5.26 Å². The Bertz CT molecular complexity index is 886. The zero-order valence-corrected chi connectivity index (χ0v) is 16.5. The molecule has 0 radical (unpaired) electrons. The molecule has 1 amide bonds. The minimum Gasteiger partial charge on any atom is -0.332 e. The van der Waals surface area contributed by atoms with E-state index in [1.165, 1.54) is 0 Å². The Kier molecular flexibility index (Phi) is 5.57. The number of hydrogen-bond donors (Lipinski definition) is 2. The molecule has 0 atom stereocenters. The number of nitriles is 1. The Morgan fingerprint density at radius 1 is 1.07 bits per heavy atom. The van der Waals surface area contributed by atoms with Gasteiger partial charge in [-0.3, -0.25) is 10.1 Å². The summed E-state index contributed by atoms with van der Waals surface area (Å²) in [4.78, 5) is 12.4. The van der Waals surface area contributed by atoms with Crippen LogP contribution in [-0.2, 0) is 5.41 Å². The van der Waals surface area contributed by atoms with Crippen LogP contribution in [0.3, 0.4) is 0 Å². The zero-order valence-electron chi connectivity index (χ0n) is 15.6. The first kappa shape index (κ1) is 19.1. The summed E-state index contributed by atoms with van der Waals surface area (Å²) in [5.41, 5.74) is 4.15. The molecule has 0 unspecified atom stereocenters. The second kappa shape index (κ2) is 7.89. The number of nitrogens with zero attached hydrogens (tertiary/aromatic N) is 1. The van der Waals surface area contributed by atoms with Crippen molar-refractivity contribution < 1.29 is 4.79 Å². The topological polar surface area (TPSA) is 64.9 Å². The monoisotopic (exact) mass is 377 g/mol. The molecule has 27 heavy (non-hydrogen) atoms. The first-order valence-electron chi connectivity index (χ1n) is 9.14. The molecule has 0 aliphatic heterocycles. The van der Waals surface area contributed by atoms with E-state index in [2.05, 4.69) is 16.7 Å². The van der Waals surface area contributed by atoms with Crippen molar-refractivity contribution in [3.8, 4) is 6.07 Å². The maximum Gasteiger partial charge on any atom is 0.257 e. The summed E-state index contributed by atoms with van der Waals surface area (Å²) >= 11 is 5.27. The van der Waals surface area contributed by atoms with Crippen LogP contribution in [0.5, 0.6) is 0 Å². The molecule has 0 aromatic heterocycles. The molecule has 0 spiro atoms. The highest BCUT2D eigenvalue weighted by molar-refractivity contribution is 7.80. The SMILES string of the molecule is Cc1cc(C)cc(C(=O)NC(=S)Nc2ccc(C3(C#N)CCCC3)cc2)c1. The average Bonchev–Trinajstić information content (AvgIpc) is 3.11. The van der Waals surface area contributed by atoms with Crippen molar-refractivity contribution in [2.75, 3.05) is 5.32 Å². The lowest BCUT2D eigenvalue weighted by Gasteiger charge is -2.21. The fraction of sp³-hybridized carbons (Fsp3) is 0.318. The van der Waals surface area contributed by atoms with Gasteiger partial charge in [0, 0.05) is 11.3 Å². The molecule has 138 valence electrons. The lowest BCUT2D eigenvalue weighted by molar-refractivity contribution is 0.0977. The molecule has 5 heteroatoms. The molecule has 0 saturated heterocycles. The molecule has 1 saturated carbocycles. The van der Waals surface area contributed by atoms with Gasteiger partial charge in [0.15, 0.2) is 5.11 Å². The van der Waals surface area contributed by atoms with Gasteiger partial charge in [0.1, 0.15) is 0 Å². The van der Waals surface area contributed by atoms with Crippen molar-refractivity contribution >= 4 is 28.9 Å². The van der Waals surface area contributed by atoms with Crippen LogP contribution in [0.25, 0.3) is 0 Å². The van der Waals surface area contributed by atoms with Crippen LogP contribution in [-0.4, -0.2) is 11.0 Å². The van der Waals surface area contributed by atoms with E-state index in [1.54, 1.807) is 0 Å². The Morgan fingerprint density at radius 2 is 1.67 bits per heavy atom. The van der Waals surface area contributed by atoms with E-state index < -0.39 is 0 Å². The van der Waals surface area contributed by atoms with Crippen molar-refractivity contribution in [1.82, 2.24) is 5.32 Å². The predicted octanol–water partition coefficient (Wildman–Crippen LogP) is 4.77. The Morgan fingerprint density at radius 3 is 2.22 bits per heavy atom. The fourth-order valence-corrected chi connectivity index (χ4v) is 3.97. The Balaban J connectivity index is 1.64.